The fraction of sp³-hybridized carbons (Fsp3) is 0.278. The van der Waals surface area contributed by atoms with E-state index in [1.54, 1.807) is 0 Å². The standard InChI is InChI=1S/C18H20N2O2/c1-13-8-10-14(11-9-13)19-15-5-2-3-6-16(15)20-18(21)17-7-4-12-22-17/h2-3,5-6,8-11,17,19H,4,7,12H2,1H3,(H,20,21). The summed E-state index contributed by atoms with van der Waals surface area (Å²) in [6, 6.07) is 15.8. The topological polar surface area (TPSA) is 50.4 Å². The van der Waals surface area contributed by atoms with Crippen LogP contribution in [0.5, 0.6) is 0 Å². The maximum atomic E-state index is 12.2. The van der Waals surface area contributed by atoms with E-state index in [0.717, 1.165) is 29.9 Å². The molecule has 1 unspecified atom stereocenters. The van der Waals surface area contributed by atoms with E-state index in [9.17, 15) is 4.79 Å². The van der Waals surface area contributed by atoms with Gasteiger partial charge in [0.1, 0.15) is 6.10 Å². The van der Waals surface area contributed by atoms with Crippen molar-refractivity contribution in [2.75, 3.05) is 17.2 Å². The number of amides is 1. The molecule has 4 heteroatoms. The van der Waals surface area contributed by atoms with E-state index >= 15 is 0 Å². The first-order valence-corrected chi connectivity index (χ1v) is 7.57. The fourth-order valence-corrected chi connectivity index (χ4v) is 2.49. The molecule has 114 valence electrons. The van der Waals surface area contributed by atoms with Crippen LogP contribution >= 0.6 is 0 Å². The highest BCUT2D eigenvalue weighted by atomic mass is 16.5. The number of anilines is 3. The van der Waals surface area contributed by atoms with E-state index < -0.39 is 0 Å². The molecule has 2 N–H and O–H groups in total. The number of benzene rings is 2. The summed E-state index contributed by atoms with van der Waals surface area (Å²) in [7, 11) is 0. The first kappa shape index (κ1) is 14.6. The molecule has 0 bridgehead atoms. The van der Waals surface area contributed by atoms with Crippen LogP contribution in [0.25, 0.3) is 0 Å². The third-order valence-corrected chi connectivity index (χ3v) is 3.74. The van der Waals surface area contributed by atoms with Crippen LogP contribution in [0.1, 0.15) is 18.4 Å². The summed E-state index contributed by atoms with van der Waals surface area (Å²) in [4.78, 5) is 12.2. The molecule has 1 fully saturated rings. The van der Waals surface area contributed by atoms with Crippen molar-refractivity contribution in [3.63, 3.8) is 0 Å². The minimum absolute atomic E-state index is 0.0735. The molecular formula is C18H20N2O2. The number of nitrogens with one attached hydrogen (secondary N) is 2. The number of hydrogen-bond acceptors (Lipinski definition) is 3. The molecular weight excluding hydrogens is 276 g/mol. The fourth-order valence-electron chi connectivity index (χ4n) is 2.49. The van der Waals surface area contributed by atoms with Crippen molar-refractivity contribution in [2.24, 2.45) is 0 Å². The van der Waals surface area contributed by atoms with Crippen molar-refractivity contribution in [3.05, 3.63) is 54.1 Å². The van der Waals surface area contributed by atoms with E-state index in [4.69, 9.17) is 4.74 Å². The zero-order valence-electron chi connectivity index (χ0n) is 12.6. The molecule has 1 amide bonds. The molecule has 3 rings (SSSR count). The zero-order valence-corrected chi connectivity index (χ0v) is 12.6. The summed E-state index contributed by atoms with van der Waals surface area (Å²) in [6.07, 6.45) is 1.41. The second-order valence-corrected chi connectivity index (χ2v) is 5.53. The molecule has 1 heterocycles. The van der Waals surface area contributed by atoms with Crippen molar-refractivity contribution >= 4 is 23.0 Å². The minimum Gasteiger partial charge on any atom is -0.368 e. The quantitative estimate of drug-likeness (QED) is 0.901. The summed E-state index contributed by atoms with van der Waals surface area (Å²) >= 11 is 0. The predicted molar refractivity (Wildman–Crippen MR) is 88.5 cm³/mol. The van der Waals surface area contributed by atoms with E-state index in [2.05, 4.69) is 29.7 Å². The Morgan fingerprint density at radius 2 is 1.82 bits per heavy atom. The molecule has 0 aliphatic carbocycles. The van der Waals surface area contributed by atoms with E-state index in [1.807, 2.05) is 36.4 Å². The molecule has 0 saturated carbocycles. The summed E-state index contributed by atoms with van der Waals surface area (Å²) in [5.74, 6) is -0.0735. The van der Waals surface area contributed by atoms with Crippen molar-refractivity contribution < 1.29 is 9.53 Å². The second-order valence-electron chi connectivity index (χ2n) is 5.53. The number of aryl methyl sites for hydroxylation is 1. The van der Waals surface area contributed by atoms with E-state index in [0.29, 0.717) is 6.61 Å². The van der Waals surface area contributed by atoms with Crippen LogP contribution in [0.4, 0.5) is 17.1 Å². The van der Waals surface area contributed by atoms with Gasteiger partial charge in [-0.15, -0.1) is 0 Å². The Hall–Kier alpha value is -2.33. The average molecular weight is 296 g/mol. The van der Waals surface area contributed by atoms with Crippen LogP contribution < -0.4 is 10.6 Å². The molecule has 0 aromatic heterocycles. The molecule has 22 heavy (non-hydrogen) atoms. The highest BCUT2D eigenvalue weighted by Crippen LogP contribution is 2.26. The van der Waals surface area contributed by atoms with Crippen LogP contribution in [0.3, 0.4) is 0 Å². The molecule has 1 aliphatic rings. The molecule has 4 nitrogen and oxygen atoms in total. The average Bonchev–Trinajstić information content (AvgIpc) is 3.06. The lowest BCUT2D eigenvalue weighted by atomic mass is 10.2. The largest absolute Gasteiger partial charge is 0.368 e. The monoisotopic (exact) mass is 296 g/mol. The molecule has 1 aliphatic heterocycles. The van der Waals surface area contributed by atoms with Gasteiger partial charge in [-0.2, -0.15) is 0 Å². The van der Waals surface area contributed by atoms with Gasteiger partial charge in [0.25, 0.3) is 5.91 Å². The van der Waals surface area contributed by atoms with Crippen molar-refractivity contribution in [1.82, 2.24) is 0 Å². The first-order chi connectivity index (χ1) is 10.7. The summed E-state index contributed by atoms with van der Waals surface area (Å²) in [5, 5.41) is 6.30. The van der Waals surface area contributed by atoms with Gasteiger partial charge in [0.05, 0.1) is 11.4 Å². The van der Waals surface area contributed by atoms with Gasteiger partial charge in [0, 0.05) is 12.3 Å². The molecule has 1 atom stereocenters. The van der Waals surface area contributed by atoms with Crippen LogP contribution in [0.15, 0.2) is 48.5 Å². The van der Waals surface area contributed by atoms with Crippen molar-refractivity contribution in [1.29, 1.82) is 0 Å². The highest BCUT2D eigenvalue weighted by Gasteiger charge is 2.24. The van der Waals surface area contributed by atoms with Crippen LogP contribution in [0, 0.1) is 6.92 Å². The molecule has 2 aromatic carbocycles. The van der Waals surface area contributed by atoms with Gasteiger partial charge in [-0.3, -0.25) is 4.79 Å². The summed E-state index contributed by atoms with van der Waals surface area (Å²) in [6.45, 7) is 2.72. The van der Waals surface area contributed by atoms with Crippen molar-refractivity contribution in [3.8, 4) is 0 Å². The van der Waals surface area contributed by atoms with Gasteiger partial charge in [-0.1, -0.05) is 29.8 Å². The normalized spacial score (nSPS) is 17.2. The number of para-hydroxylation sites is 2. The first-order valence-electron chi connectivity index (χ1n) is 7.57. The minimum atomic E-state index is -0.326. The van der Waals surface area contributed by atoms with Gasteiger partial charge in [-0.25, -0.2) is 0 Å². The Labute approximate surface area is 130 Å². The SMILES string of the molecule is Cc1ccc(Nc2ccccc2NC(=O)C2CCCO2)cc1. The lowest BCUT2D eigenvalue weighted by Gasteiger charge is -2.15. The number of carbonyl (C=O) groups is 1. The number of carbonyl (C=O) groups excluding carboxylic acids is 1. The molecule has 2 aromatic rings. The van der Waals surface area contributed by atoms with Crippen LogP contribution in [0.2, 0.25) is 0 Å². The lowest BCUT2D eigenvalue weighted by Crippen LogP contribution is -2.27. The predicted octanol–water partition coefficient (Wildman–Crippen LogP) is 3.86. The summed E-state index contributed by atoms with van der Waals surface area (Å²) in [5.41, 5.74) is 3.84. The number of ether oxygens (including phenoxy) is 1. The highest BCUT2D eigenvalue weighted by molar-refractivity contribution is 5.97. The third kappa shape index (κ3) is 3.46. The van der Waals surface area contributed by atoms with Gasteiger partial charge in [-0.05, 0) is 44.0 Å². The van der Waals surface area contributed by atoms with E-state index in [1.165, 1.54) is 5.56 Å². The van der Waals surface area contributed by atoms with Gasteiger partial charge < -0.3 is 15.4 Å². The third-order valence-electron chi connectivity index (χ3n) is 3.74. The van der Waals surface area contributed by atoms with Gasteiger partial charge in [0.15, 0.2) is 0 Å². The zero-order chi connectivity index (χ0) is 15.4. The maximum absolute atomic E-state index is 12.2. The Bertz CT molecular complexity index is 646. The van der Waals surface area contributed by atoms with Crippen molar-refractivity contribution in [2.45, 2.75) is 25.9 Å². The summed E-state index contributed by atoms with van der Waals surface area (Å²) < 4.78 is 5.43. The maximum Gasteiger partial charge on any atom is 0.253 e. The van der Waals surface area contributed by atoms with Crippen LogP contribution in [-0.4, -0.2) is 18.6 Å². The Kier molecular flexibility index (Phi) is 4.39. The number of hydrogen-bond donors (Lipinski definition) is 2. The van der Waals surface area contributed by atoms with Gasteiger partial charge >= 0.3 is 0 Å². The van der Waals surface area contributed by atoms with E-state index in [-0.39, 0.29) is 12.0 Å². The smallest absolute Gasteiger partial charge is 0.253 e. The second kappa shape index (κ2) is 6.62. The molecule has 0 radical (unpaired) electrons. The van der Waals surface area contributed by atoms with Gasteiger partial charge in [0.2, 0.25) is 0 Å². The molecule has 0 spiro atoms. The van der Waals surface area contributed by atoms with Crippen LogP contribution in [-0.2, 0) is 9.53 Å². The molecule has 1 saturated heterocycles. The Morgan fingerprint density at radius 1 is 1.09 bits per heavy atom. The number of rotatable bonds is 4. The Balaban J connectivity index is 1.74. The Morgan fingerprint density at radius 3 is 2.50 bits per heavy atom. The lowest BCUT2D eigenvalue weighted by molar-refractivity contribution is -0.124.